The molecule has 20 rings (SSSR count). The normalized spacial score (nSPS) is 52.8. The van der Waals surface area contributed by atoms with Gasteiger partial charge in [0.15, 0.2) is 0 Å². The van der Waals surface area contributed by atoms with E-state index < -0.39 is 0 Å². The molecule has 0 radical (unpaired) electrons. The number of carbonyl (C=O) groups excluding carboxylic acids is 4. The quantitative estimate of drug-likeness (QED) is 0.102. The summed E-state index contributed by atoms with van der Waals surface area (Å²) in [4.78, 5) is 51.2. The zero-order valence-corrected chi connectivity index (χ0v) is 52.7. The fourth-order valence-corrected chi connectivity index (χ4v) is 27.0. The van der Waals surface area contributed by atoms with E-state index in [-0.39, 0.29) is 70.0 Å². The minimum absolute atomic E-state index is 0.0988. The molecule has 0 N–H and O–H groups in total. The summed E-state index contributed by atoms with van der Waals surface area (Å²) < 4.78 is 24.0. The van der Waals surface area contributed by atoms with Crippen molar-refractivity contribution >= 4 is 23.9 Å². The lowest BCUT2D eigenvalue weighted by Crippen LogP contribution is -2.40. The first-order chi connectivity index (χ1) is 41.6. The van der Waals surface area contributed by atoms with Gasteiger partial charge in [-0.3, -0.25) is 19.2 Å². The zero-order valence-electron chi connectivity index (χ0n) is 52.7. The smallest absolute Gasteiger partial charge is 0.310 e. The standard InChI is InChI=1S/C20H28O2.C20H26O2.C19H26O2.C19H24O2/c2*1-20(7-3-2-4-8-20)22-19(21)16-11-14-10-15(16)18-13-6-5-12(9-13)17(14)18;2*1-19(6-2-3-7-19)21-18(20)15-10-13-9-14(15)17-12-5-4-11(8-12)16(13)17/h5-6,12-18H,2-4,7-11H2,1H3;3,5-7,12-18H,2,4,8-11H2,1H3;4-5,11-17H,2-3,6-10H2,1H3;2,4-6,11-17H,3,7-10H2,1H3. The van der Waals surface area contributed by atoms with Gasteiger partial charge in [-0.1, -0.05) is 67.2 Å². The molecule has 0 aromatic carbocycles. The van der Waals surface area contributed by atoms with E-state index in [4.69, 9.17) is 18.9 Å². The van der Waals surface area contributed by atoms with Gasteiger partial charge in [0, 0.05) is 0 Å². The molecule has 86 heavy (non-hydrogen) atoms. The van der Waals surface area contributed by atoms with Crippen molar-refractivity contribution < 1.29 is 38.1 Å². The predicted octanol–water partition coefficient (Wildman–Crippen LogP) is 16.2. The molecule has 0 aromatic heterocycles. The lowest BCUT2D eigenvalue weighted by molar-refractivity contribution is -0.170. The van der Waals surface area contributed by atoms with E-state index in [1.165, 1.54) is 83.5 Å². The first-order valence-corrected chi connectivity index (χ1v) is 36.6. The Morgan fingerprint density at radius 1 is 0.302 bits per heavy atom. The van der Waals surface area contributed by atoms with Crippen LogP contribution in [0, 0.1) is 166 Å². The summed E-state index contributed by atoms with van der Waals surface area (Å²) in [5.74, 6) is 20.3. The number of hydrogen-bond donors (Lipinski definition) is 0. The van der Waals surface area contributed by atoms with Crippen LogP contribution in [0.4, 0.5) is 0 Å². The molecule has 20 aliphatic rings. The van der Waals surface area contributed by atoms with E-state index in [1.807, 2.05) is 0 Å². The van der Waals surface area contributed by atoms with E-state index >= 15 is 0 Å². The monoisotopic (exact) mass is 1170 g/mol. The zero-order chi connectivity index (χ0) is 58.2. The van der Waals surface area contributed by atoms with E-state index in [2.05, 4.69) is 101 Å². The molecule has 14 fully saturated rings. The summed E-state index contributed by atoms with van der Waals surface area (Å²) >= 11 is 0. The van der Waals surface area contributed by atoms with Gasteiger partial charge in [0.1, 0.15) is 22.4 Å². The summed E-state index contributed by atoms with van der Waals surface area (Å²) in [6.07, 6.45) is 59.0. The summed E-state index contributed by atoms with van der Waals surface area (Å²) in [6, 6.07) is 0. The van der Waals surface area contributed by atoms with Crippen molar-refractivity contribution in [2.75, 3.05) is 0 Å². The molecule has 30 unspecified atom stereocenters. The van der Waals surface area contributed by atoms with Crippen LogP contribution >= 0.6 is 0 Å². The molecule has 464 valence electrons. The van der Waals surface area contributed by atoms with Gasteiger partial charge in [0.05, 0.1) is 23.7 Å². The minimum atomic E-state index is -0.342. The fraction of sp³-hybridized carbons (Fsp3) is 0.795. The van der Waals surface area contributed by atoms with Gasteiger partial charge in [-0.15, -0.1) is 0 Å². The number of fused-ring (bicyclic) bond motifs is 36. The molecule has 0 aromatic rings. The lowest BCUT2D eigenvalue weighted by atomic mass is 9.69. The largest absolute Gasteiger partial charge is 0.459 e. The Morgan fingerprint density at radius 2 is 0.593 bits per heavy atom. The van der Waals surface area contributed by atoms with Gasteiger partial charge in [-0.05, 0) is 342 Å². The molecule has 20 aliphatic carbocycles. The molecule has 0 saturated heterocycles. The fourth-order valence-electron chi connectivity index (χ4n) is 27.0. The molecular formula is C78H104O8. The van der Waals surface area contributed by atoms with Crippen LogP contribution in [0.3, 0.4) is 0 Å². The Morgan fingerprint density at radius 3 is 0.907 bits per heavy atom. The Kier molecular flexibility index (Phi) is 13.7. The summed E-state index contributed by atoms with van der Waals surface area (Å²) in [5, 5.41) is 0. The molecule has 8 nitrogen and oxygen atoms in total. The first kappa shape index (κ1) is 56.3. The van der Waals surface area contributed by atoms with Crippen molar-refractivity contribution in [2.24, 2.45) is 166 Å². The number of carbonyl (C=O) groups is 4. The number of ether oxygens (including phenoxy) is 4. The minimum Gasteiger partial charge on any atom is -0.459 e. The summed E-state index contributed by atoms with van der Waals surface area (Å²) in [7, 11) is 0. The molecule has 0 amide bonds. The second-order valence-electron chi connectivity index (χ2n) is 34.6. The molecule has 0 aliphatic heterocycles. The van der Waals surface area contributed by atoms with Crippen LogP contribution in [0.5, 0.6) is 0 Å². The molecule has 0 spiro atoms. The highest BCUT2D eigenvalue weighted by Gasteiger charge is 2.67. The van der Waals surface area contributed by atoms with Gasteiger partial charge in [0.25, 0.3) is 0 Å². The second kappa shape index (κ2) is 20.9. The Bertz CT molecular complexity index is 2900. The highest BCUT2D eigenvalue weighted by atomic mass is 16.6. The van der Waals surface area contributed by atoms with Crippen molar-refractivity contribution in [2.45, 2.75) is 217 Å². The predicted molar refractivity (Wildman–Crippen MR) is 331 cm³/mol. The average Bonchev–Trinajstić information content (AvgIpc) is 1.64. The number of rotatable bonds is 8. The first-order valence-electron chi connectivity index (χ1n) is 36.6. The van der Waals surface area contributed by atoms with Gasteiger partial charge in [-0.25, -0.2) is 0 Å². The third-order valence-corrected chi connectivity index (χ3v) is 30.0. The molecule has 0 heterocycles. The van der Waals surface area contributed by atoms with E-state index in [0.717, 1.165) is 202 Å². The van der Waals surface area contributed by atoms with E-state index in [0.29, 0.717) is 23.7 Å². The third kappa shape index (κ3) is 9.20. The number of hydrogen-bond acceptors (Lipinski definition) is 8. The van der Waals surface area contributed by atoms with Gasteiger partial charge in [0.2, 0.25) is 0 Å². The van der Waals surface area contributed by atoms with Crippen molar-refractivity contribution in [1.29, 1.82) is 0 Å². The Balaban J connectivity index is 0.0000000896. The number of allylic oxidation sites excluding steroid dienone is 10. The van der Waals surface area contributed by atoms with Crippen molar-refractivity contribution in [1.82, 2.24) is 0 Å². The third-order valence-electron chi connectivity index (χ3n) is 30.0. The highest BCUT2D eigenvalue weighted by Crippen LogP contribution is 2.71. The lowest BCUT2D eigenvalue weighted by Gasteiger charge is -2.38. The number of esters is 4. The molecule has 14 saturated carbocycles. The van der Waals surface area contributed by atoms with Crippen LogP contribution in [0.15, 0.2) is 72.9 Å². The Labute approximate surface area is 515 Å². The van der Waals surface area contributed by atoms with Crippen molar-refractivity contribution in [3.63, 3.8) is 0 Å². The van der Waals surface area contributed by atoms with Gasteiger partial charge >= 0.3 is 23.9 Å². The average molecular weight is 1170 g/mol. The van der Waals surface area contributed by atoms with Crippen molar-refractivity contribution in [3.8, 4) is 0 Å². The maximum absolute atomic E-state index is 12.9. The van der Waals surface area contributed by atoms with Crippen LogP contribution in [0.25, 0.3) is 0 Å². The van der Waals surface area contributed by atoms with E-state index in [9.17, 15) is 19.2 Å². The maximum Gasteiger partial charge on any atom is 0.310 e. The van der Waals surface area contributed by atoms with Gasteiger partial charge < -0.3 is 18.9 Å². The van der Waals surface area contributed by atoms with E-state index in [1.54, 1.807) is 0 Å². The highest BCUT2D eigenvalue weighted by molar-refractivity contribution is 5.76. The van der Waals surface area contributed by atoms with Crippen LogP contribution < -0.4 is 0 Å². The summed E-state index contributed by atoms with van der Waals surface area (Å²) in [6.45, 7) is 8.45. The molecule has 30 atom stereocenters. The topological polar surface area (TPSA) is 105 Å². The van der Waals surface area contributed by atoms with Crippen LogP contribution in [0.2, 0.25) is 0 Å². The Hall–Kier alpha value is -3.68. The summed E-state index contributed by atoms with van der Waals surface area (Å²) in [5.41, 5.74) is -0.976. The second-order valence-corrected chi connectivity index (χ2v) is 34.6. The SMILES string of the molecule is CC1(OC(=O)C2CC3CC2C2C4C=CC(C4)C32)C=CCC1.CC1(OC(=O)C2CC3CC2C2C4C=CC(C4)C32)C=CCCC1.CC1(OC(=O)C2CC3CC2C2C4C=CC(C4)C32)CCCC1.CC1(OC(=O)C2CC3CC2C2C4C=CC(C4)C32)CCCCC1. The van der Waals surface area contributed by atoms with Crippen LogP contribution in [-0.4, -0.2) is 46.3 Å². The molecular weight excluding hydrogens is 1060 g/mol. The van der Waals surface area contributed by atoms with Crippen molar-refractivity contribution in [3.05, 3.63) is 72.9 Å². The van der Waals surface area contributed by atoms with Crippen LogP contribution in [0.1, 0.15) is 195 Å². The van der Waals surface area contributed by atoms with Gasteiger partial charge in [-0.2, -0.15) is 0 Å². The molecule has 16 bridgehead atoms. The van der Waals surface area contributed by atoms with Crippen LogP contribution in [-0.2, 0) is 38.1 Å². The maximum atomic E-state index is 12.9. The molecule has 8 heteroatoms.